The molecule has 0 spiro atoms. The normalized spacial score (nSPS) is 11.3. The van der Waals surface area contributed by atoms with Gasteiger partial charge in [-0.15, -0.1) is 0 Å². The van der Waals surface area contributed by atoms with E-state index in [0.29, 0.717) is 24.5 Å². The number of benzene rings is 1. The van der Waals surface area contributed by atoms with Crippen molar-refractivity contribution in [2.45, 2.75) is 19.4 Å². The lowest BCUT2D eigenvalue weighted by Gasteiger charge is -2.15. The highest BCUT2D eigenvalue weighted by Crippen LogP contribution is 2.16. The van der Waals surface area contributed by atoms with Crippen molar-refractivity contribution in [3.05, 3.63) is 29.8 Å². The van der Waals surface area contributed by atoms with Gasteiger partial charge >= 0.3 is 0 Å². The fourth-order valence-electron chi connectivity index (χ4n) is 1.26. The minimum Gasteiger partial charge on any atom is -0.492 e. The van der Waals surface area contributed by atoms with E-state index < -0.39 is 5.60 Å². The Morgan fingerprint density at radius 3 is 2.47 bits per heavy atom. The molecule has 0 heterocycles. The van der Waals surface area contributed by atoms with Crippen molar-refractivity contribution in [2.75, 3.05) is 13.2 Å². The summed E-state index contributed by atoms with van der Waals surface area (Å²) in [4.78, 5) is 14.2. The average molecular weight is 258 g/mol. The second-order valence-corrected chi connectivity index (χ2v) is 4.41. The summed E-state index contributed by atoms with van der Waals surface area (Å²) in [6.07, 6.45) is 0. The second kappa shape index (κ2) is 6.00. The Balaban J connectivity index is 2.65. The van der Waals surface area contributed by atoms with E-state index in [0.717, 1.165) is 0 Å². The molecule has 0 bridgehead atoms. The van der Waals surface area contributed by atoms with Gasteiger partial charge in [0.05, 0.1) is 0 Å². The molecule has 5 heteroatoms. The number of hydrogen-bond donors (Lipinski definition) is 2. The van der Waals surface area contributed by atoms with Gasteiger partial charge in [-0.05, 0) is 49.9 Å². The first-order valence-corrected chi connectivity index (χ1v) is 5.66. The maximum atomic E-state index is 11.7. The number of Topliss-reactive ketones (excluding diaryl/α,β-unsaturated/α-hetero) is 1. The molecule has 0 unspecified atom stereocenters. The lowest BCUT2D eigenvalue weighted by atomic mass is 9.97. The van der Waals surface area contributed by atoms with Crippen LogP contribution in [0.15, 0.2) is 24.3 Å². The Morgan fingerprint density at radius 1 is 1.41 bits per heavy atom. The first-order chi connectivity index (χ1) is 7.95. The van der Waals surface area contributed by atoms with Gasteiger partial charge in [-0.2, -0.15) is 0 Å². The predicted octanol–water partition coefficient (Wildman–Crippen LogP) is 1.76. The molecule has 4 nitrogen and oxygen atoms in total. The molecule has 0 radical (unpaired) electrons. The molecule has 2 N–H and O–H groups in total. The summed E-state index contributed by atoms with van der Waals surface area (Å²) in [5.41, 5.74) is -0.898. The van der Waals surface area contributed by atoms with Crippen LogP contribution in [0.5, 0.6) is 5.75 Å². The molecule has 1 aromatic rings. The Labute approximate surface area is 106 Å². The van der Waals surface area contributed by atoms with Crippen LogP contribution in [0.25, 0.3) is 0 Å². The molecule has 1 rings (SSSR count). The summed E-state index contributed by atoms with van der Waals surface area (Å²) in [5.74, 6) is 0.343. The van der Waals surface area contributed by atoms with Gasteiger partial charge in [0.2, 0.25) is 0 Å². The van der Waals surface area contributed by atoms with E-state index in [1.807, 2.05) is 0 Å². The number of carbonyl (C=O) groups is 1. The number of ether oxygens (including phenoxy) is 1. The quantitative estimate of drug-likeness (QED) is 0.463. The number of nitrogens with one attached hydrogen (secondary N) is 1. The number of carbonyl (C=O) groups excluding carboxylic acids is 1. The molecular formula is C12H16ClNO3. The SMILES string of the molecule is CC(C)(O)C(=O)c1ccc(OCCNCl)cc1. The van der Waals surface area contributed by atoms with Gasteiger partial charge in [0.25, 0.3) is 0 Å². The van der Waals surface area contributed by atoms with Crippen molar-refractivity contribution in [3.63, 3.8) is 0 Å². The largest absolute Gasteiger partial charge is 0.492 e. The predicted molar refractivity (Wildman–Crippen MR) is 66.4 cm³/mol. The highest BCUT2D eigenvalue weighted by Gasteiger charge is 2.24. The van der Waals surface area contributed by atoms with Crippen LogP contribution in [-0.4, -0.2) is 29.6 Å². The minimum atomic E-state index is -1.36. The molecular weight excluding hydrogens is 242 g/mol. The average Bonchev–Trinajstić information content (AvgIpc) is 2.28. The van der Waals surface area contributed by atoms with Gasteiger partial charge < -0.3 is 9.84 Å². The van der Waals surface area contributed by atoms with Gasteiger partial charge in [-0.25, -0.2) is 4.84 Å². The molecule has 0 saturated carbocycles. The zero-order valence-corrected chi connectivity index (χ0v) is 10.6. The molecule has 0 aromatic heterocycles. The monoisotopic (exact) mass is 257 g/mol. The van der Waals surface area contributed by atoms with Crippen molar-refractivity contribution in [3.8, 4) is 5.75 Å². The minimum absolute atomic E-state index is 0.313. The van der Waals surface area contributed by atoms with Crippen LogP contribution in [0, 0.1) is 0 Å². The van der Waals surface area contributed by atoms with Crippen LogP contribution >= 0.6 is 11.8 Å². The van der Waals surface area contributed by atoms with Gasteiger partial charge in [-0.3, -0.25) is 4.79 Å². The molecule has 94 valence electrons. The lowest BCUT2D eigenvalue weighted by Crippen LogP contribution is -2.30. The molecule has 0 fully saturated rings. The summed E-state index contributed by atoms with van der Waals surface area (Å²) < 4.78 is 5.35. The number of hydrogen-bond acceptors (Lipinski definition) is 4. The highest BCUT2D eigenvalue weighted by atomic mass is 35.5. The molecule has 0 saturated heterocycles. The Kier molecular flexibility index (Phi) is 4.93. The van der Waals surface area contributed by atoms with Crippen LogP contribution in [0.4, 0.5) is 0 Å². The van der Waals surface area contributed by atoms with Crippen molar-refractivity contribution < 1.29 is 14.6 Å². The van der Waals surface area contributed by atoms with Crippen LogP contribution in [0.2, 0.25) is 0 Å². The first kappa shape index (κ1) is 14.0. The van der Waals surface area contributed by atoms with Crippen LogP contribution < -0.4 is 9.57 Å². The number of rotatable bonds is 6. The summed E-state index contributed by atoms with van der Waals surface area (Å²) in [5, 5.41) is 9.58. The second-order valence-electron chi connectivity index (χ2n) is 4.14. The highest BCUT2D eigenvalue weighted by molar-refractivity contribution is 6.13. The maximum absolute atomic E-state index is 11.7. The van der Waals surface area contributed by atoms with Crippen molar-refractivity contribution in [1.82, 2.24) is 4.84 Å². The molecule has 1 aromatic carbocycles. The molecule has 0 amide bonds. The van der Waals surface area contributed by atoms with Crippen LogP contribution in [0.1, 0.15) is 24.2 Å². The Bertz CT molecular complexity index is 370. The fourth-order valence-corrected chi connectivity index (χ4v) is 1.34. The van der Waals surface area contributed by atoms with Crippen LogP contribution in [0.3, 0.4) is 0 Å². The van der Waals surface area contributed by atoms with Gasteiger partial charge in [-0.1, -0.05) is 0 Å². The third kappa shape index (κ3) is 4.34. The van der Waals surface area contributed by atoms with E-state index in [-0.39, 0.29) is 5.78 Å². The van der Waals surface area contributed by atoms with E-state index in [1.54, 1.807) is 24.3 Å². The smallest absolute Gasteiger partial charge is 0.193 e. The summed E-state index contributed by atoms with van der Waals surface area (Å²) in [7, 11) is 0. The van der Waals surface area contributed by atoms with Crippen molar-refractivity contribution in [2.24, 2.45) is 0 Å². The molecule has 0 atom stereocenters. The fraction of sp³-hybridized carbons (Fsp3) is 0.417. The standard InChI is InChI=1S/C12H16ClNO3/c1-12(2,16)11(15)9-3-5-10(6-4-9)17-8-7-14-13/h3-6,14,16H,7-8H2,1-2H3. The zero-order valence-electron chi connectivity index (χ0n) is 9.87. The van der Waals surface area contributed by atoms with Gasteiger partial charge in [0.1, 0.15) is 18.0 Å². The van der Waals surface area contributed by atoms with Crippen molar-refractivity contribution in [1.29, 1.82) is 0 Å². The zero-order chi connectivity index (χ0) is 12.9. The van der Waals surface area contributed by atoms with Crippen molar-refractivity contribution >= 4 is 17.6 Å². The maximum Gasteiger partial charge on any atom is 0.193 e. The van der Waals surface area contributed by atoms with E-state index in [4.69, 9.17) is 16.5 Å². The Hall–Kier alpha value is -1.10. The Morgan fingerprint density at radius 2 is 2.00 bits per heavy atom. The van der Waals surface area contributed by atoms with E-state index in [9.17, 15) is 9.90 Å². The summed E-state index contributed by atoms with van der Waals surface area (Å²) >= 11 is 5.28. The molecule has 17 heavy (non-hydrogen) atoms. The third-order valence-electron chi connectivity index (χ3n) is 2.14. The number of halogens is 1. The first-order valence-electron chi connectivity index (χ1n) is 5.28. The summed E-state index contributed by atoms with van der Waals surface area (Å²) in [6.45, 7) is 3.91. The molecule has 0 aliphatic rings. The van der Waals surface area contributed by atoms with E-state index in [2.05, 4.69) is 4.84 Å². The van der Waals surface area contributed by atoms with Gasteiger partial charge in [0, 0.05) is 12.1 Å². The van der Waals surface area contributed by atoms with E-state index >= 15 is 0 Å². The lowest BCUT2D eigenvalue weighted by molar-refractivity contribution is 0.0488. The molecule has 0 aliphatic carbocycles. The number of aliphatic hydroxyl groups is 1. The van der Waals surface area contributed by atoms with E-state index in [1.165, 1.54) is 13.8 Å². The van der Waals surface area contributed by atoms with Crippen LogP contribution in [-0.2, 0) is 0 Å². The third-order valence-corrected chi connectivity index (χ3v) is 2.33. The van der Waals surface area contributed by atoms with Gasteiger partial charge in [0.15, 0.2) is 5.78 Å². The summed E-state index contributed by atoms with van der Waals surface area (Å²) in [6, 6.07) is 6.63. The topological polar surface area (TPSA) is 58.6 Å². The molecule has 0 aliphatic heterocycles. The number of ketones is 1.